The van der Waals surface area contributed by atoms with Crippen molar-refractivity contribution in [2.75, 3.05) is 9.74 Å². The topological polar surface area (TPSA) is 49.4 Å². The van der Waals surface area contributed by atoms with Crippen LogP contribution in [0.15, 0.2) is 48.5 Å². The minimum atomic E-state index is -0.465. The van der Waals surface area contributed by atoms with E-state index < -0.39 is 11.7 Å². The van der Waals surface area contributed by atoms with E-state index >= 15 is 0 Å². The second-order valence-electron chi connectivity index (χ2n) is 3.85. The molecule has 4 nitrogen and oxygen atoms in total. The van der Waals surface area contributed by atoms with Crippen LogP contribution >= 0.6 is 11.8 Å². The summed E-state index contributed by atoms with van der Waals surface area (Å²) in [7, 11) is 0. The van der Waals surface area contributed by atoms with Crippen LogP contribution in [0.1, 0.15) is 10.4 Å². The number of nitrogens with one attached hydrogen (secondary N) is 1. The number of para-hydroxylation sites is 1. The molecule has 6 heteroatoms. The summed E-state index contributed by atoms with van der Waals surface area (Å²) in [5.74, 6) is -0.862. The van der Waals surface area contributed by atoms with Crippen LogP contribution in [-0.4, -0.2) is 12.3 Å². The molecule has 0 spiro atoms. The van der Waals surface area contributed by atoms with Crippen molar-refractivity contribution in [2.45, 2.75) is 0 Å². The first kappa shape index (κ1) is 14.0. The Morgan fingerprint density at radius 2 is 1.80 bits per heavy atom. The Balaban J connectivity index is 2.25. The van der Waals surface area contributed by atoms with Gasteiger partial charge in [-0.25, -0.2) is 8.81 Å². The van der Waals surface area contributed by atoms with Crippen LogP contribution in [0.5, 0.6) is 0 Å². The van der Waals surface area contributed by atoms with Gasteiger partial charge in [0.05, 0.1) is 11.3 Å². The molecule has 2 aromatic rings. The van der Waals surface area contributed by atoms with Crippen LogP contribution in [0, 0.1) is 5.82 Å². The largest absolute Gasteiger partial charge is 0.332 e. The number of carbonyl (C=O) groups is 1. The molecule has 0 unspecified atom stereocenters. The summed E-state index contributed by atoms with van der Waals surface area (Å²) < 4.78 is 13.4. The molecule has 0 aliphatic heterocycles. The van der Waals surface area contributed by atoms with Crippen molar-refractivity contribution in [1.82, 2.24) is 0 Å². The molecular weight excluding hydrogens is 283 g/mol. The van der Waals surface area contributed by atoms with Gasteiger partial charge in [0.15, 0.2) is 0 Å². The maximum Gasteiger partial charge on any atom is 0.332 e. The van der Waals surface area contributed by atoms with Crippen molar-refractivity contribution in [1.29, 1.82) is 0 Å². The number of hydrogen-bond acceptors (Lipinski definition) is 2. The highest BCUT2D eigenvalue weighted by atomic mass is 35.5. The minimum Gasteiger partial charge on any atom is -0.322 e. The summed E-state index contributed by atoms with van der Waals surface area (Å²) in [6, 6.07) is 11.6. The molecule has 0 fully saturated rings. The summed E-state index contributed by atoms with van der Waals surface area (Å²) >= 11 is 5.64. The first-order valence-electron chi connectivity index (χ1n) is 5.61. The minimum absolute atomic E-state index is 0.204. The van der Waals surface area contributed by atoms with Crippen molar-refractivity contribution in [3.63, 3.8) is 0 Å². The number of rotatable bonds is 4. The van der Waals surface area contributed by atoms with Crippen LogP contribution in [0.4, 0.5) is 15.8 Å². The van der Waals surface area contributed by atoms with Gasteiger partial charge in [0.25, 0.3) is 5.91 Å². The van der Waals surface area contributed by atoms with Gasteiger partial charge in [0.1, 0.15) is 5.82 Å². The number of hydrogen-bond donors (Lipinski definition) is 1. The van der Waals surface area contributed by atoms with E-state index in [2.05, 4.69) is 5.32 Å². The average Bonchev–Trinajstić information content (AvgIpc) is 2.48. The second kappa shape index (κ2) is 6.16. The lowest BCUT2D eigenvalue weighted by atomic mass is 10.1. The molecule has 0 bridgehead atoms. The summed E-state index contributed by atoms with van der Waals surface area (Å²) in [4.78, 5) is 22.7. The van der Waals surface area contributed by atoms with E-state index in [4.69, 9.17) is 11.8 Å². The van der Waals surface area contributed by atoms with Crippen molar-refractivity contribution in [2.24, 2.45) is 0 Å². The Bertz CT molecular complexity index is 631. The van der Waals surface area contributed by atoms with E-state index in [9.17, 15) is 14.0 Å². The number of anilines is 2. The molecule has 1 N–H and O–H groups in total. The van der Waals surface area contributed by atoms with Crippen LogP contribution in [0.2, 0.25) is 0 Å². The standard InChI is InChI=1S/C14H9ClFN2O2/c15-18(9-19)13-4-2-1-3-12(13)14(20)17-11-7-5-10(16)6-8-11/h1-8H,(H,17,20). The number of halogens is 2. The molecule has 0 saturated heterocycles. The monoisotopic (exact) mass is 291 g/mol. The fraction of sp³-hybridized carbons (Fsp3) is 0. The SMILES string of the molecule is O=[C]N(Cl)c1ccccc1C(=O)Nc1ccc(F)cc1. The lowest BCUT2D eigenvalue weighted by Gasteiger charge is -2.12. The van der Waals surface area contributed by atoms with Crippen LogP contribution < -0.4 is 9.74 Å². The number of carbonyl (C=O) groups excluding carboxylic acids is 2. The molecule has 2 aromatic carbocycles. The third-order valence-electron chi connectivity index (χ3n) is 2.54. The molecule has 0 atom stereocenters. The van der Waals surface area contributed by atoms with Crippen LogP contribution in [-0.2, 0) is 4.79 Å². The number of nitrogens with zero attached hydrogens (tertiary/aromatic N) is 1. The summed E-state index contributed by atoms with van der Waals surface area (Å²) in [5.41, 5.74) is 0.848. The highest BCUT2D eigenvalue weighted by Gasteiger charge is 2.15. The Kier molecular flexibility index (Phi) is 4.32. The maximum absolute atomic E-state index is 12.8. The van der Waals surface area contributed by atoms with Gasteiger partial charge in [-0.3, -0.25) is 9.59 Å². The highest BCUT2D eigenvalue weighted by molar-refractivity contribution is 6.34. The molecule has 2 amide bonds. The normalized spacial score (nSPS) is 9.90. The number of benzene rings is 2. The summed E-state index contributed by atoms with van der Waals surface area (Å²) in [6.45, 7) is 0. The Labute approximate surface area is 119 Å². The van der Waals surface area contributed by atoms with Crippen molar-refractivity contribution >= 4 is 35.5 Å². The van der Waals surface area contributed by atoms with E-state index in [1.807, 2.05) is 0 Å². The molecule has 2 rings (SSSR count). The molecule has 1 radical (unpaired) electrons. The average molecular weight is 292 g/mol. The Morgan fingerprint density at radius 3 is 2.45 bits per heavy atom. The van der Waals surface area contributed by atoms with Gasteiger partial charge in [-0.1, -0.05) is 12.1 Å². The zero-order valence-corrected chi connectivity index (χ0v) is 10.9. The molecule has 101 valence electrons. The molecule has 0 aromatic heterocycles. The van der Waals surface area contributed by atoms with Gasteiger partial charge in [-0.15, -0.1) is 0 Å². The van der Waals surface area contributed by atoms with Crippen LogP contribution in [0.25, 0.3) is 0 Å². The van der Waals surface area contributed by atoms with Gasteiger partial charge in [0, 0.05) is 17.5 Å². The summed E-state index contributed by atoms with van der Waals surface area (Å²) in [6.07, 6.45) is 1.47. The molecule has 0 aliphatic carbocycles. The maximum atomic E-state index is 12.8. The smallest absolute Gasteiger partial charge is 0.322 e. The Hall–Kier alpha value is -2.40. The molecular formula is C14H9ClFN2O2. The van der Waals surface area contributed by atoms with Gasteiger partial charge in [0.2, 0.25) is 0 Å². The second-order valence-corrected chi connectivity index (χ2v) is 4.19. The number of amides is 2. The molecule has 0 heterocycles. The third kappa shape index (κ3) is 3.13. The lowest BCUT2D eigenvalue weighted by Crippen LogP contribution is -2.17. The first-order valence-corrected chi connectivity index (χ1v) is 5.95. The lowest BCUT2D eigenvalue weighted by molar-refractivity contribution is 0.102. The van der Waals surface area contributed by atoms with Crippen molar-refractivity contribution < 1.29 is 14.0 Å². The molecule has 0 saturated carbocycles. The Morgan fingerprint density at radius 1 is 1.15 bits per heavy atom. The van der Waals surface area contributed by atoms with E-state index in [0.29, 0.717) is 10.1 Å². The zero-order valence-electron chi connectivity index (χ0n) is 10.1. The predicted octanol–water partition coefficient (Wildman–Crippen LogP) is 3.11. The van der Waals surface area contributed by atoms with E-state index in [-0.39, 0.29) is 11.3 Å². The molecule has 0 aliphatic rings. The van der Waals surface area contributed by atoms with E-state index in [0.717, 1.165) is 0 Å². The quantitative estimate of drug-likeness (QED) is 0.695. The summed E-state index contributed by atoms with van der Waals surface area (Å²) in [5, 5.41) is 2.58. The highest BCUT2D eigenvalue weighted by Crippen LogP contribution is 2.22. The van der Waals surface area contributed by atoms with Gasteiger partial charge in [-0.05, 0) is 36.4 Å². The fourth-order valence-corrected chi connectivity index (χ4v) is 1.77. The van der Waals surface area contributed by atoms with Crippen LogP contribution in [0.3, 0.4) is 0 Å². The zero-order chi connectivity index (χ0) is 14.5. The fourth-order valence-electron chi connectivity index (χ4n) is 1.62. The predicted molar refractivity (Wildman–Crippen MR) is 74.8 cm³/mol. The van der Waals surface area contributed by atoms with Crippen molar-refractivity contribution in [3.05, 3.63) is 59.9 Å². The van der Waals surface area contributed by atoms with Crippen molar-refractivity contribution in [3.8, 4) is 0 Å². The third-order valence-corrected chi connectivity index (χ3v) is 2.79. The van der Waals surface area contributed by atoms with E-state index in [1.54, 1.807) is 12.1 Å². The van der Waals surface area contributed by atoms with Gasteiger partial charge < -0.3 is 5.32 Å². The van der Waals surface area contributed by atoms with Gasteiger partial charge >= 0.3 is 6.41 Å². The molecule has 20 heavy (non-hydrogen) atoms. The van der Waals surface area contributed by atoms with E-state index in [1.165, 1.54) is 42.8 Å². The van der Waals surface area contributed by atoms with Gasteiger partial charge in [-0.2, -0.15) is 0 Å². The first-order chi connectivity index (χ1) is 9.61.